The predicted octanol–water partition coefficient (Wildman–Crippen LogP) is 1.56. The lowest BCUT2D eigenvalue weighted by Gasteiger charge is -2.15. The van der Waals surface area contributed by atoms with Gasteiger partial charge in [-0.1, -0.05) is 0 Å². The SMILES string of the molecule is Cc1cc(C(C)NC(=O)NCC[C@H](O)C(=O)O)c(C)s1. The van der Waals surface area contributed by atoms with Crippen molar-refractivity contribution in [3.63, 3.8) is 0 Å². The molecule has 0 spiro atoms. The van der Waals surface area contributed by atoms with Crippen LogP contribution in [-0.2, 0) is 4.79 Å². The molecule has 112 valence electrons. The molecular formula is C13H20N2O4S. The molecule has 6 nitrogen and oxygen atoms in total. The molecule has 0 saturated carbocycles. The molecule has 0 aliphatic carbocycles. The van der Waals surface area contributed by atoms with Crippen LogP contribution in [0.3, 0.4) is 0 Å². The molecule has 1 aromatic heterocycles. The number of thiophene rings is 1. The van der Waals surface area contributed by atoms with E-state index in [9.17, 15) is 9.59 Å². The lowest BCUT2D eigenvalue weighted by atomic mass is 10.1. The van der Waals surface area contributed by atoms with Gasteiger partial charge in [-0.05, 0) is 32.4 Å². The molecule has 20 heavy (non-hydrogen) atoms. The highest BCUT2D eigenvalue weighted by Gasteiger charge is 2.15. The third-order valence-electron chi connectivity index (χ3n) is 2.88. The molecule has 1 rings (SSSR count). The number of amides is 2. The van der Waals surface area contributed by atoms with Gasteiger partial charge in [-0.3, -0.25) is 0 Å². The van der Waals surface area contributed by atoms with Crippen LogP contribution >= 0.6 is 11.3 Å². The number of nitrogens with one attached hydrogen (secondary N) is 2. The van der Waals surface area contributed by atoms with E-state index in [1.54, 1.807) is 11.3 Å². The van der Waals surface area contributed by atoms with Gasteiger partial charge in [-0.15, -0.1) is 11.3 Å². The van der Waals surface area contributed by atoms with Crippen molar-refractivity contribution in [3.05, 3.63) is 21.4 Å². The zero-order chi connectivity index (χ0) is 15.3. The molecule has 4 N–H and O–H groups in total. The first-order valence-electron chi connectivity index (χ1n) is 6.33. The van der Waals surface area contributed by atoms with Crippen molar-refractivity contribution >= 4 is 23.3 Å². The summed E-state index contributed by atoms with van der Waals surface area (Å²) < 4.78 is 0. The van der Waals surface area contributed by atoms with Crippen LogP contribution in [0.25, 0.3) is 0 Å². The summed E-state index contributed by atoms with van der Waals surface area (Å²) in [6.45, 7) is 6.02. The van der Waals surface area contributed by atoms with E-state index < -0.39 is 12.1 Å². The van der Waals surface area contributed by atoms with E-state index in [0.717, 1.165) is 10.4 Å². The lowest BCUT2D eigenvalue weighted by Crippen LogP contribution is -2.39. The molecule has 0 fully saturated rings. The zero-order valence-electron chi connectivity index (χ0n) is 11.8. The van der Waals surface area contributed by atoms with Crippen molar-refractivity contribution in [3.8, 4) is 0 Å². The number of carboxylic acids is 1. The summed E-state index contributed by atoms with van der Waals surface area (Å²) in [5.41, 5.74) is 1.08. The van der Waals surface area contributed by atoms with Crippen LogP contribution in [0.4, 0.5) is 4.79 Å². The number of carbonyl (C=O) groups is 2. The average Bonchev–Trinajstić information content (AvgIpc) is 2.68. The standard InChI is InChI=1S/C13H20N2O4S/c1-7-6-10(9(3)20-7)8(2)15-13(19)14-5-4-11(16)12(17)18/h6,8,11,16H,4-5H2,1-3H3,(H,17,18)(H2,14,15,19)/t8?,11-/m0/s1. The maximum atomic E-state index is 11.6. The van der Waals surface area contributed by atoms with Gasteiger partial charge in [0.25, 0.3) is 0 Å². The second-order valence-electron chi connectivity index (χ2n) is 4.63. The van der Waals surface area contributed by atoms with Crippen LogP contribution in [0.5, 0.6) is 0 Å². The quantitative estimate of drug-likeness (QED) is 0.640. The van der Waals surface area contributed by atoms with Crippen LogP contribution in [0.2, 0.25) is 0 Å². The molecule has 0 aromatic carbocycles. The molecule has 0 saturated heterocycles. The Morgan fingerprint density at radius 3 is 2.55 bits per heavy atom. The number of carboxylic acid groups (broad SMARTS) is 1. The molecule has 2 atom stereocenters. The predicted molar refractivity (Wildman–Crippen MR) is 77.0 cm³/mol. The van der Waals surface area contributed by atoms with Gasteiger partial charge in [0.15, 0.2) is 6.10 Å². The number of hydrogen-bond donors (Lipinski definition) is 4. The van der Waals surface area contributed by atoms with Gasteiger partial charge in [0.2, 0.25) is 0 Å². The van der Waals surface area contributed by atoms with Gasteiger partial charge >= 0.3 is 12.0 Å². The molecule has 0 radical (unpaired) electrons. The highest BCUT2D eigenvalue weighted by Crippen LogP contribution is 2.25. The van der Waals surface area contributed by atoms with E-state index in [1.807, 2.05) is 26.8 Å². The smallest absolute Gasteiger partial charge is 0.332 e. The Bertz CT molecular complexity index is 487. The van der Waals surface area contributed by atoms with Gasteiger partial charge in [-0.2, -0.15) is 0 Å². The normalized spacial score (nSPS) is 13.6. The fourth-order valence-corrected chi connectivity index (χ4v) is 2.87. The summed E-state index contributed by atoms with van der Waals surface area (Å²) in [6.07, 6.45) is -1.47. The Morgan fingerprint density at radius 1 is 1.40 bits per heavy atom. The fraction of sp³-hybridized carbons (Fsp3) is 0.538. The van der Waals surface area contributed by atoms with Gasteiger partial charge < -0.3 is 20.8 Å². The second kappa shape index (κ2) is 7.25. The Kier molecular flexibility index (Phi) is 5.97. The minimum Gasteiger partial charge on any atom is -0.479 e. The number of aliphatic carboxylic acids is 1. The van der Waals surface area contributed by atoms with Gasteiger partial charge in [0, 0.05) is 22.7 Å². The van der Waals surface area contributed by atoms with Crippen LogP contribution in [-0.4, -0.2) is 34.9 Å². The highest BCUT2D eigenvalue weighted by molar-refractivity contribution is 7.12. The molecule has 7 heteroatoms. The van der Waals surface area contributed by atoms with Crippen molar-refractivity contribution in [2.75, 3.05) is 6.54 Å². The van der Waals surface area contributed by atoms with Crippen LogP contribution in [0, 0.1) is 13.8 Å². The molecule has 0 aliphatic rings. The van der Waals surface area contributed by atoms with Gasteiger partial charge in [0.05, 0.1) is 6.04 Å². The number of aryl methyl sites for hydroxylation is 2. The Labute approximate surface area is 121 Å². The van der Waals surface area contributed by atoms with Gasteiger partial charge in [0.1, 0.15) is 0 Å². The number of carbonyl (C=O) groups excluding carboxylic acids is 1. The molecule has 0 aliphatic heterocycles. The Morgan fingerprint density at radius 2 is 2.05 bits per heavy atom. The first-order valence-corrected chi connectivity index (χ1v) is 7.15. The first kappa shape index (κ1) is 16.5. The molecule has 0 bridgehead atoms. The van der Waals surface area contributed by atoms with Crippen LogP contribution in [0.1, 0.15) is 34.7 Å². The van der Waals surface area contributed by atoms with Crippen molar-refractivity contribution < 1.29 is 19.8 Å². The van der Waals surface area contributed by atoms with E-state index >= 15 is 0 Å². The number of aliphatic hydroxyl groups excluding tert-OH is 1. The van der Waals surface area contributed by atoms with Crippen LogP contribution in [0.15, 0.2) is 6.07 Å². The molecule has 1 aromatic rings. The summed E-state index contributed by atoms with van der Waals surface area (Å²) in [5.74, 6) is -1.29. The van der Waals surface area contributed by atoms with E-state index in [-0.39, 0.29) is 25.0 Å². The minimum atomic E-state index is -1.45. The Hall–Kier alpha value is -1.60. The maximum absolute atomic E-state index is 11.6. The molecule has 1 unspecified atom stereocenters. The van der Waals surface area contributed by atoms with Crippen LogP contribution < -0.4 is 10.6 Å². The third kappa shape index (κ3) is 4.82. The van der Waals surface area contributed by atoms with Crippen molar-refractivity contribution in [1.82, 2.24) is 10.6 Å². The van der Waals surface area contributed by atoms with E-state index in [0.29, 0.717) is 0 Å². The molecule has 1 heterocycles. The largest absolute Gasteiger partial charge is 0.479 e. The summed E-state index contributed by atoms with van der Waals surface area (Å²) >= 11 is 1.68. The summed E-state index contributed by atoms with van der Waals surface area (Å²) in [5, 5.41) is 22.9. The second-order valence-corrected chi connectivity index (χ2v) is 6.09. The molecule has 2 amide bonds. The van der Waals surface area contributed by atoms with Crippen molar-refractivity contribution in [1.29, 1.82) is 0 Å². The fourth-order valence-electron chi connectivity index (χ4n) is 1.85. The minimum absolute atomic E-state index is 0.0201. The highest BCUT2D eigenvalue weighted by atomic mass is 32.1. The van der Waals surface area contributed by atoms with Gasteiger partial charge in [-0.25, -0.2) is 9.59 Å². The number of hydrogen-bond acceptors (Lipinski definition) is 4. The average molecular weight is 300 g/mol. The third-order valence-corrected chi connectivity index (χ3v) is 3.86. The Balaban J connectivity index is 2.39. The summed E-state index contributed by atoms with van der Waals surface area (Å²) in [6, 6.07) is 1.54. The number of rotatable bonds is 6. The maximum Gasteiger partial charge on any atom is 0.332 e. The van der Waals surface area contributed by atoms with E-state index in [1.165, 1.54) is 4.88 Å². The summed E-state index contributed by atoms with van der Waals surface area (Å²) in [4.78, 5) is 24.4. The van der Waals surface area contributed by atoms with Crippen molar-refractivity contribution in [2.24, 2.45) is 0 Å². The van der Waals surface area contributed by atoms with E-state index in [2.05, 4.69) is 10.6 Å². The molecular weight excluding hydrogens is 280 g/mol. The van der Waals surface area contributed by atoms with E-state index in [4.69, 9.17) is 10.2 Å². The lowest BCUT2D eigenvalue weighted by molar-refractivity contribution is -0.146. The first-order chi connectivity index (χ1) is 9.31. The van der Waals surface area contributed by atoms with Crippen molar-refractivity contribution in [2.45, 2.75) is 39.3 Å². The summed E-state index contributed by atoms with van der Waals surface area (Å²) in [7, 11) is 0. The number of aliphatic hydroxyl groups is 1. The monoisotopic (exact) mass is 300 g/mol. The number of urea groups is 1. The zero-order valence-corrected chi connectivity index (χ0v) is 12.6. The topological polar surface area (TPSA) is 98.7 Å².